The number of aromatic amines is 1. The summed E-state index contributed by atoms with van der Waals surface area (Å²) < 4.78 is 0. The van der Waals surface area contributed by atoms with Gasteiger partial charge in [0.05, 0.1) is 34.8 Å². The second kappa shape index (κ2) is 9.90. The summed E-state index contributed by atoms with van der Waals surface area (Å²) >= 11 is 6.42. The second-order valence-electron chi connectivity index (χ2n) is 7.99. The van der Waals surface area contributed by atoms with E-state index in [1.807, 2.05) is 30.5 Å². The molecule has 2 aromatic heterocycles. The minimum atomic E-state index is -0.260. The van der Waals surface area contributed by atoms with Crippen LogP contribution in [0.25, 0.3) is 22.2 Å². The van der Waals surface area contributed by atoms with E-state index < -0.39 is 0 Å². The van der Waals surface area contributed by atoms with Gasteiger partial charge in [0, 0.05) is 35.3 Å². The summed E-state index contributed by atoms with van der Waals surface area (Å²) in [5, 5.41) is 10.1. The molecule has 0 bridgehead atoms. The van der Waals surface area contributed by atoms with Crippen molar-refractivity contribution in [2.45, 2.75) is 6.92 Å². The molecule has 4 N–H and O–H groups in total. The molecule has 2 heterocycles. The van der Waals surface area contributed by atoms with Crippen molar-refractivity contribution < 1.29 is 9.59 Å². The first-order valence-corrected chi connectivity index (χ1v) is 10.9. The fourth-order valence-corrected chi connectivity index (χ4v) is 3.71. The van der Waals surface area contributed by atoms with Gasteiger partial charge in [-0.2, -0.15) is 0 Å². The lowest BCUT2D eigenvalue weighted by Gasteiger charge is -2.15. The number of aromatic nitrogens is 3. The lowest BCUT2D eigenvalue weighted by atomic mass is 10.1. The van der Waals surface area contributed by atoms with Crippen LogP contribution in [-0.4, -0.2) is 52.3 Å². The molecule has 0 saturated carbocycles. The minimum Gasteiger partial charge on any atom is -0.360 e. The molecule has 4 aromatic rings. The van der Waals surface area contributed by atoms with E-state index in [-0.39, 0.29) is 18.4 Å². The normalized spacial score (nSPS) is 11.0. The Morgan fingerprint density at radius 1 is 1.09 bits per heavy atom. The molecule has 0 radical (unpaired) electrons. The number of fused-ring (bicyclic) bond motifs is 1. The van der Waals surface area contributed by atoms with Gasteiger partial charge in [-0.1, -0.05) is 29.8 Å². The average Bonchev–Trinajstić information content (AvgIpc) is 3.20. The lowest BCUT2D eigenvalue weighted by molar-refractivity contribution is -0.117. The van der Waals surface area contributed by atoms with Gasteiger partial charge in [-0.25, -0.2) is 9.97 Å². The number of nitrogens with zero attached hydrogens (tertiary/aromatic N) is 3. The fourth-order valence-electron chi connectivity index (χ4n) is 3.51. The lowest BCUT2D eigenvalue weighted by Crippen LogP contribution is -2.27. The first kappa shape index (κ1) is 23.2. The Morgan fingerprint density at radius 2 is 1.88 bits per heavy atom. The van der Waals surface area contributed by atoms with E-state index >= 15 is 0 Å². The number of anilines is 4. The van der Waals surface area contributed by atoms with Gasteiger partial charge in [0.25, 0.3) is 0 Å². The van der Waals surface area contributed by atoms with E-state index in [9.17, 15) is 9.59 Å². The zero-order valence-electron chi connectivity index (χ0n) is 18.9. The number of hydrogen-bond donors (Lipinski definition) is 4. The number of para-hydroxylation sites is 1. The molecule has 0 aliphatic carbocycles. The van der Waals surface area contributed by atoms with Crippen molar-refractivity contribution in [3.05, 3.63) is 59.9 Å². The van der Waals surface area contributed by atoms with Crippen LogP contribution in [0.1, 0.15) is 6.92 Å². The van der Waals surface area contributed by atoms with Crippen molar-refractivity contribution in [1.29, 1.82) is 0 Å². The molecule has 9 nitrogen and oxygen atoms in total. The predicted molar refractivity (Wildman–Crippen MR) is 136 cm³/mol. The summed E-state index contributed by atoms with van der Waals surface area (Å²) in [7, 11) is 3.61. The largest absolute Gasteiger partial charge is 0.360 e. The molecule has 0 atom stereocenters. The molecule has 0 aliphatic heterocycles. The molecule has 0 aliphatic rings. The highest BCUT2D eigenvalue weighted by Gasteiger charge is 2.14. The number of halogens is 1. The SMILES string of the molecule is CC(=O)Nc1cc(Nc2ncc(Cl)c(-c3c[nH]c4ccccc34)n2)ccc1NC(=O)CN(C)C. The topological polar surface area (TPSA) is 115 Å². The third-order valence-electron chi connectivity index (χ3n) is 4.91. The van der Waals surface area contributed by atoms with Gasteiger partial charge in [-0.15, -0.1) is 0 Å². The third-order valence-corrected chi connectivity index (χ3v) is 5.19. The first-order chi connectivity index (χ1) is 16.3. The zero-order chi connectivity index (χ0) is 24.2. The monoisotopic (exact) mass is 477 g/mol. The molecule has 0 saturated heterocycles. The van der Waals surface area contributed by atoms with Crippen molar-refractivity contribution in [1.82, 2.24) is 19.9 Å². The summed E-state index contributed by atoms with van der Waals surface area (Å²) in [5.41, 5.74) is 4.00. The van der Waals surface area contributed by atoms with E-state index in [1.165, 1.54) is 6.92 Å². The summed E-state index contributed by atoms with van der Waals surface area (Å²) in [6.45, 7) is 1.62. The third kappa shape index (κ3) is 5.33. The molecule has 0 unspecified atom stereocenters. The van der Waals surface area contributed by atoms with Crippen LogP contribution in [0.2, 0.25) is 5.02 Å². The van der Waals surface area contributed by atoms with Crippen molar-refractivity contribution in [2.24, 2.45) is 0 Å². The Labute approximate surface area is 201 Å². The highest BCUT2D eigenvalue weighted by Crippen LogP contribution is 2.33. The maximum atomic E-state index is 12.2. The summed E-state index contributed by atoms with van der Waals surface area (Å²) in [6.07, 6.45) is 3.40. The number of rotatable bonds is 7. The van der Waals surface area contributed by atoms with Gasteiger partial charge < -0.3 is 25.8 Å². The van der Waals surface area contributed by atoms with Gasteiger partial charge in [0.15, 0.2) is 0 Å². The van der Waals surface area contributed by atoms with Gasteiger partial charge >= 0.3 is 0 Å². The first-order valence-electron chi connectivity index (χ1n) is 10.5. The summed E-state index contributed by atoms with van der Waals surface area (Å²) in [4.78, 5) is 37.8. The minimum absolute atomic E-state index is 0.193. The Bertz CT molecular complexity index is 1370. The van der Waals surface area contributed by atoms with Crippen molar-refractivity contribution in [3.8, 4) is 11.3 Å². The number of hydrogen-bond acceptors (Lipinski definition) is 6. The molecule has 2 aromatic carbocycles. The van der Waals surface area contributed by atoms with Crippen molar-refractivity contribution in [3.63, 3.8) is 0 Å². The molecular formula is C24H24ClN7O2. The van der Waals surface area contributed by atoms with Crippen LogP contribution in [0.3, 0.4) is 0 Å². The maximum Gasteiger partial charge on any atom is 0.238 e. The highest BCUT2D eigenvalue weighted by atomic mass is 35.5. The Morgan fingerprint density at radius 3 is 2.65 bits per heavy atom. The van der Waals surface area contributed by atoms with E-state index in [0.29, 0.717) is 33.7 Å². The smallest absolute Gasteiger partial charge is 0.238 e. The molecule has 10 heteroatoms. The van der Waals surface area contributed by atoms with E-state index in [1.54, 1.807) is 43.4 Å². The fraction of sp³-hybridized carbons (Fsp3) is 0.167. The van der Waals surface area contributed by atoms with E-state index in [2.05, 4.69) is 30.9 Å². The van der Waals surface area contributed by atoms with E-state index in [4.69, 9.17) is 11.6 Å². The van der Waals surface area contributed by atoms with Gasteiger partial charge in [0.1, 0.15) is 0 Å². The van der Waals surface area contributed by atoms with E-state index in [0.717, 1.165) is 16.5 Å². The Hall–Kier alpha value is -3.95. The van der Waals surface area contributed by atoms with Crippen LogP contribution in [0.4, 0.5) is 23.0 Å². The second-order valence-corrected chi connectivity index (χ2v) is 8.40. The molecule has 174 valence electrons. The maximum absolute atomic E-state index is 12.2. The molecular weight excluding hydrogens is 454 g/mol. The molecule has 0 spiro atoms. The number of benzene rings is 2. The highest BCUT2D eigenvalue weighted by molar-refractivity contribution is 6.33. The average molecular weight is 478 g/mol. The summed E-state index contributed by atoms with van der Waals surface area (Å²) in [5.74, 6) is -0.116. The number of H-pyrrole nitrogens is 1. The quantitative estimate of drug-likeness (QED) is 0.312. The van der Waals surface area contributed by atoms with Gasteiger partial charge in [-0.05, 0) is 38.4 Å². The van der Waals surface area contributed by atoms with Crippen LogP contribution >= 0.6 is 11.6 Å². The number of likely N-dealkylation sites (N-methyl/N-ethyl adjacent to an activating group) is 1. The molecule has 34 heavy (non-hydrogen) atoms. The standard InChI is InChI=1S/C24H24ClN7O2/c1-14(33)28-21-10-15(8-9-20(21)30-22(34)13-32(2)3)29-24-27-12-18(25)23(31-24)17-11-26-19-7-5-4-6-16(17)19/h4-12,26H,13H2,1-3H3,(H,28,33)(H,30,34)(H,27,29,31). The number of amides is 2. The van der Waals surface area contributed by atoms with Crippen LogP contribution in [0.15, 0.2) is 54.9 Å². The van der Waals surface area contributed by atoms with Crippen molar-refractivity contribution in [2.75, 3.05) is 36.6 Å². The Kier molecular flexibility index (Phi) is 6.76. The molecule has 0 fully saturated rings. The zero-order valence-corrected chi connectivity index (χ0v) is 19.7. The van der Waals surface area contributed by atoms with Crippen LogP contribution < -0.4 is 16.0 Å². The summed E-state index contributed by atoms with van der Waals surface area (Å²) in [6, 6.07) is 13.1. The van der Waals surface area contributed by atoms with Crippen molar-refractivity contribution >= 4 is 57.3 Å². The van der Waals surface area contributed by atoms with Crippen LogP contribution in [0.5, 0.6) is 0 Å². The number of nitrogens with one attached hydrogen (secondary N) is 4. The van der Waals surface area contributed by atoms with Gasteiger partial charge in [-0.3, -0.25) is 9.59 Å². The predicted octanol–water partition coefficient (Wildman–Crippen LogP) is 4.48. The number of carbonyl (C=O) groups is 2. The number of carbonyl (C=O) groups excluding carboxylic acids is 2. The Balaban J connectivity index is 1.63. The molecule has 4 rings (SSSR count). The van der Waals surface area contributed by atoms with Crippen LogP contribution in [-0.2, 0) is 9.59 Å². The van der Waals surface area contributed by atoms with Crippen LogP contribution in [0, 0.1) is 0 Å². The van der Waals surface area contributed by atoms with Gasteiger partial charge in [0.2, 0.25) is 17.8 Å². The molecule has 2 amide bonds.